The predicted octanol–water partition coefficient (Wildman–Crippen LogP) is 0.444. The normalized spacial score (nSPS) is 20.0. The van der Waals surface area contributed by atoms with E-state index >= 15 is 0 Å². The summed E-state index contributed by atoms with van der Waals surface area (Å²) in [5.74, 6) is -0.0354. The summed E-state index contributed by atoms with van der Waals surface area (Å²) in [6, 6.07) is 3.65. The highest BCUT2D eigenvalue weighted by Crippen LogP contribution is 2.16. The number of hydrogen-bond donors (Lipinski definition) is 1. The first-order valence-corrected chi connectivity index (χ1v) is 5.68. The zero-order valence-corrected chi connectivity index (χ0v) is 10.1. The van der Waals surface area contributed by atoms with Crippen LogP contribution in [0.1, 0.15) is 22.2 Å². The van der Waals surface area contributed by atoms with Crippen LogP contribution in [0, 0.1) is 0 Å². The molecule has 0 saturated carbocycles. The van der Waals surface area contributed by atoms with Crippen molar-refractivity contribution in [1.29, 1.82) is 0 Å². The van der Waals surface area contributed by atoms with Gasteiger partial charge in [-0.1, -0.05) is 0 Å². The Hall–Kier alpha value is -1.46. The number of morpholine rings is 1. The molecule has 1 N–H and O–H groups in total. The Bertz CT molecular complexity index is 383. The Labute approximate surface area is 101 Å². The summed E-state index contributed by atoms with van der Waals surface area (Å²) in [7, 11) is 3.45. The molecule has 1 aliphatic rings. The molecule has 1 amide bonds. The molecule has 0 aliphatic carbocycles. The minimum atomic E-state index is -0.0354. The summed E-state index contributed by atoms with van der Waals surface area (Å²) in [6.07, 6.45) is 1.60. The first kappa shape index (κ1) is 12.0. The van der Waals surface area contributed by atoms with Gasteiger partial charge in [-0.05, 0) is 12.1 Å². The van der Waals surface area contributed by atoms with Crippen LogP contribution in [0.3, 0.4) is 0 Å². The Morgan fingerprint density at radius 3 is 2.88 bits per heavy atom. The fourth-order valence-corrected chi connectivity index (χ4v) is 1.74. The molecular formula is C12H17N3O2. The molecule has 0 spiro atoms. The minimum Gasteiger partial charge on any atom is -0.369 e. The Morgan fingerprint density at radius 2 is 2.35 bits per heavy atom. The maximum absolute atomic E-state index is 11.7. The second-order valence-corrected chi connectivity index (χ2v) is 4.23. The lowest BCUT2D eigenvalue weighted by atomic mass is 10.1. The molecule has 2 rings (SSSR count). The highest BCUT2D eigenvalue weighted by Gasteiger charge is 2.17. The maximum Gasteiger partial charge on any atom is 0.254 e. The van der Waals surface area contributed by atoms with E-state index in [1.807, 2.05) is 6.07 Å². The molecule has 1 fully saturated rings. The molecule has 5 nitrogen and oxygen atoms in total. The van der Waals surface area contributed by atoms with E-state index in [2.05, 4.69) is 10.3 Å². The Balaban J connectivity index is 2.09. The first-order valence-electron chi connectivity index (χ1n) is 5.68. The Morgan fingerprint density at radius 1 is 1.53 bits per heavy atom. The van der Waals surface area contributed by atoms with Crippen molar-refractivity contribution in [3.63, 3.8) is 0 Å². The lowest BCUT2D eigenvalue weighted by Crippen LogP contribution is -2.33. The minimum absolute atomic E-state index is 0.00717. The molecule has 1 atom stereocenters. The van der Waals surface area contributed by atoms with Crippen LogP contribution >= 0.6 is 0 Å². The monoisotopic (exact) mass is 235 g/mol. The number of nitrogens with zero attached hydrogens (tertiary/aromatic N) is 2. The molecule has 5 heteroatoms. The van der Waals surface area contributed by atoms with E-state index in [0.717, 1.165) is 18.8 Å². The van der Waals surface area contributed by atoms with Crippen LogP contribution in [0.4, 0.5) is 0 Å². The number of ether oxygens (including phenoxy) is 1. The van der Waals surface area contributed by atoms with Crippen LogP contribution in [0.15, 0.2) is 18.3 Å². The van der Waals surface area contributed by atoms with Crippen LogP contribution in [-0.2, 0) is 4.74 Å². The number of amides is 1. The number of hydrogen-bond acceptors (Lipinski definition) is 4. The van der Waals surface area contributed by atoms with Crippen molar-refractivity contribution in [2.24, 2.45) is 0 Å². The van der Waals surface area contributed by atoms with Gasteiger partial charge in [0.2, 0.25) is 0 Å². The zero-order valence-electron chi connectivity index (χ0n) is 10.1. The van der Waals surface area contributed by atoms with E-state index in [9.17, 15) is 4.79 Å². The van der Waals surface area contributed by atoms with E-state index in [-0.39, 0.29) is 12.0 Å². The van der Waals surface area contributed by atoms with E-state index in [1.54, 1.807) is 26.4 Å². The molecule has 1 aromatic rings. The van der Waals surface area contributed by atoms with E-state index in [0.29, 0.717) is 12.2 Å². The van der Waals surface area contributed by atoms with Crippen LogP contribution in [0.5, 0.6) is 0 Å². The van der Waals surface area contributed by atoms with Crippen molar-refractivity contribution >= 4 is 5.91 Å². The fraction of sp³-hybridized carbons (Fsp3) is 0.500. The lowest BCUT2D eigenvalue weighted by molar-refractivity contribution is 0.0250. The third kappa shape index (κ3) is 2.81. The number of carbonyl (C=O) groups excluding carboxylic acids is 1. The molecule has 17 heavy (non-hydrogen) atoms. The maximum atomic E-state index is 11.7. The molecular weight excluding hydrogens is 218 g/mol. The number of nitrogens with one attached hydrogen (secondary N) is 1. The van der Waals surface area contributed by atoms with Gasteiger partial charge in [0.1, 0.15) is 6.10 Å². The van der Waals surface area contributed by atoms with Crippen molar-refractivity contribution < 1.29 is 9.53 Å². The van der Waals surface area contributed by atoms with Gasteiger partial charge in [0, 0.05) is 33.4 Å². The topological polar surface area (TPSA) is 54.5 Å². The van der Waals surface area contributed by atoms with Crippen molar-refractivity contribution in [3.8, 4) is 0 Å². The summed E-state index contributed by atoms with van der Waals surface area (Å²) in [4.78, 5) is 17.5. The second-order valence-electron chi connectivity index (χ2n) is 4.23. The molecule has 1 saturated heterocycles. The second kappa shape index (κ2) is 5.25. The smallest absolute Gasteiger partial charge is 0.254 e. The van der Waals surface area contributed by atoms with Crippen molar-refractivity contribution in [1.82, 2.24) is 15.2 Å². The van der Waals surface area contributed by atoms with Gasteiger partial charge in [0.05, 0.1) is 17.9 Å². The van der Waals surface area contributed by atoms with Gasteiger partial charge < -0.3 is 15.0 Å². The van der Waals surface area contributed by atoms with Crippen LogP contribution in [0.25, 0.3) is 0 Å². The molecule has 2 heterocycles. The van der Waals surface area contributed by atoms with Crippen LogP contribution < -0.4 is 5.32 Å². The standard InChI is InChI=1S/C12H17N3O2/c1-15(2)12(16)9-3-4-10(14-7-9)11-8-13-5-6-17-11/h3-4,7,11,13H,5-6,8H2,1-2H3/t11-/m0/s1. The highest BCUT2D eigenvalue weighted by molar-refractivity contribution is 5.93. The van der Waals surface area contributed by atoms with Gasteiger partial charge in [-0.15, -0.1) is 0 Å². The molecule has 0 aromatic carbocycles. The quantitative estimate of drug-likeness (QED) is 0.808. The number of aromatic nitrogens is 1. The zero-order chi connectivity index (χ0) is 12.3. The van der Waals surface area contributed by atoms with Crippen molar-refractivity contribution in [3.05, 3.63) is 29.6 Å². The van der Waals surface area contributed by atoms with Gasteiger partial charge in [0.15, 0.2) is 0 Å². The van der Waals surface area contributed by atoms with Gasteiger partial charge >= 0.3 is 0 Å². The summed E-state index contributed by atoms with van der Waals surface area (Å²) >= 11 is 0. The summed E-state index contributed by atoms with van der Waals surface area (Å²) < 4.78 is 5.59. The predicted molar refractivity (Wildman–Crippen MR) is 63.8 cm³/mol. The van der Waals surface area contributed by atoms with Gasteiger partial charge in [0.25, 0.3) is 5.91 Å². The third-order valence-corrected chi connectivity index (χ3v) is 2.70. The van der Waals surface area contributed by atoms with E-state index in [4.69, 9.17) is 4.74 Å². The largest absolute Gasteiger partial charge is 0.369 e. The van der Waals surface area contributed by atoms with Gasteiger partial charge in [-0.3, -0.25) is 9.78 Å². The summed E-state index contributed by atoms with van der Waals surface area (Å²) in [5, 5.41) is 3.25. The highest BCUT2D eigenvalue weighted by atomic mass is 16.5. The average Bonchev–Trinajstić information content (AvgIpc) is 2.39. The fourth-order valence-electron chi connectivity index (χ4n) is 1.74. The van der Waals surface area contributed by atoms with Gasteiger partial charge in [-0.2, -0.15) is 0 Å². The molecule has 0 radical (unpaired) electrons. The molecule has 1 aromatic heterocycles. The van der Waals surface area contributed by atoms with E-state index in [1.165, 1.54) is 4.90 Å². The number of pyridine rings is 1. The summed E-state index contributed by atoms with van der Waals surface area (Å²) in [6.45, 7) is 2.35. The molecule has 0 bridgehead atoms. The summed E-state index contributed by atoms with van der Waals surface area (Å²) in [5.41, 5.74) is 1.47. The third-order valence-electron chi connectivity index (χ3n) is 2.70. The molecule has 1 aliphatic heterocycles. The van der Waals surface area contributed by atoms with Crippen molar-refractivity contribution in [2.45, 2.75) is 6.10 Å². The number of rotatable bonds is 2. The van der Waals surface area contributed by atoms with Gasteiger partial charge in [-0.25, -0.2) is 0 Å². The lowest BCUT2D eigenvalue weighted by Gasteiger charge is -2.23. The molecule has 0 unspecified atom stereocenters. The number of carbonyl (C=O) groups is 1. The molecule has 92 valence electrons. The van der Waals surface area contributed by atoms with Crippen molar-refractivity contribution in [2.75, 3.05) is 33.8 Å². The SMILES string of the molecule is CN(C)C(=O)c1ccc([C@@H]2CNCCO2)nc1. The van der Waals surface area contributed by atoms with E-state index < -0.39 is 0 Å². The average molecular weight is 235 g/mol. The van der Waals surface area contributed by atoms with Crippen LogP contribution in [-0.4, -0.2) is 49.6 Å². The Kier molecular flexibility index (Phi) is 3.71. The van der Waals surface area contributed by atoms with Crippen LogP contribution in [0.2, 0.25) is 0 Å². The first-order chi connectivity index (χ1) is 8.18.